The van der Waals surface area contributed by atoms with E-state index < -0.39 is 29.2 Å². The number of hydrogen-bond acceptors (Lipinski definition) is 5. The summed E-state index contributed by atoms with van der Waals surface area (Å²) in [5.74, 6) is -1.33. The SMILES string of the molecule is CCC(CC)(CNC(=O)C(Cc1cccc(F)c1)n1nnnc1C)C(=O)O. The molecule has 0 aliphatic rings. The molecule has 0 saturated carbocycles. The summed E-state index contributed by atoms with van der Waals surface area (Å²) in [5.41, 5.74) is -0.421. The average molecular weight is 377 g/mol. The van der Waals surface area contributed by atoms with Crippen LogP contribution in [-0.2, 0) is 16.0 Å². The van der Waals surface area contributed by atoms with Gasteiger partial charge < -0.3 is 10.4 Å². The van der Waals surface area contributed by atoms with Crippen LogP contribution in [0.5, 0.6) is 0 Å². The molecule has 1 aromatic carbocycles. The Labute approximate surface area is 156 Å². The topological polar surface area (TPSA) is 110 Å². The number of halogens is 1. The molecule has 2 rings (SSSR count). The Morgan fingerprint density at radius 2 is 2.04 bits per heavy atom. The van der Waals surface area contributed by atoms with Gasteiger partial charge in [0.2, 0.25) is 5.91 Å². The maximum atomic E-state index is 13.5. The van der Waals surface area contributed by atoms with Crippen LogP contribution in [0, 0.1) is 18.2 Å². The van der Waals surface area contributed by atoms with Crippen molar-refractivity contribution >= 4 is 11.9 Å². The summed E-state index contributed by atoms with van der Waals surface area (Å²) < 4.78 is 14.9. The third-order valence-electron chi connectivity index (χ3n) is 4.98. The molecule has 0 fully saturated rings. The number of aryl methyl sites for hydroxylation is 1. The zero-order chi connectivity index (χ0) is 20.0. The molecule has 2 aromatic rings. The number of aromatic nitrogens is 4. The van der Waals surface area contributed by atoms with Gasteiger partial charge in [0.1, 0.15) is 17.7 Å². The summed E-state index contributed by atoms with van der Waals surface area (Å²) in [7, 11) is 0. The lowest BCUT2D eigenvalue weighted by Crippen LogP contribution is -2.45. The Bertz CT molecular complexity index is 804. The van der Waals surface area contributed by atoms with Crippen LogP contribution in [0.1, 0.15) is 44.1 Å². The van der Waals surface area contributed by atoms with Crippen LogP contribution in [0.2, 0.25) is 0 Å². The minimum Gasteiger partial charge on any atom is -0.481 e. The highest BCUT2D eigenvalue weighted by Crippen LogP contribution is 2.26. The summed E-state index contributed by atoms with van der Waals surface area (Å²) in [6.07, 6.45) is 0.947. The van der Waals surface area contributed by atoms with Gasteiger partial charge in [-0.25, -0.2) is 9.07 Å². The van der Waals surface area contributed by atoms with Crippen molar-refractivity contribution < 1.29 is 19.1 Å². The lowest BCUT2D eigenvalue weighted by molar-refractivity contribution is -0.149. The molecule has 0 spiro atoms. The number of carbonyl (C=O) groups excluding carboxylic acids is 1. The number of hydrogen-bond donors (Lipinski definition) is 2. The van der Waals surface area contributed by atoms with Crippen molar-refractivity contribution in [2.75, 3.05) is 6.54 Å². The van der Waals surface area contributed by atoms with Crippen molar-refractivity contribution in [2.24, 2.45) is 5.41 Å². The van der Waals surface area contributed by atoms with Crippen molar-refractivity contribution in [1.82, 2.24) is 25.5 Å². The number of nitrogens with one attached hydrogen (secondary N) is 1. The molecular weight excluding hydrogens is 353 g/mol. The molecule has 0 bridgehead atoms. The number of carboxylic acids is 1. The number of carbonyl (C=O) groups is 2. The molecule has 1 unspecified atom stereocenters. The molecule has 1 heterocycles. The van der Waals surface area contributed by atoms with E-state index in [1.165, 1.54) is 16.8 Å². The number of nitrogens with zero attached hydrogens (tertiary/aromatic N) is 4. The van der Waals surface area contributed by atoms with Crippen molar-refractivity contribution in [1.29, 1.82) is 0 Å². The molecule has 0 radical (unpaired) electrons. The summed E-state index contributed by atoms with van der Waals surface area (Å²) in [6.45, 7) is 5.21. The number of amides is 1. The van der Waals surface area contributed by atoms with Gasteiger partial charge in [-0.2, -0.15) is 0 Å². The van der Waals surface area contributed by atoms with Crippen molar-refractivity contribution in [3.8, 4) is 0 Å². The van der Waals surface area contributed by atoms with Gasteiger partial charge in [-0.3, -0.25) is 9.59 Å². The Morgan fingerprint density at radius 3 is 2.56 bits per heavy atom. The van der Waals surface area contributed by atoms with Gasteiger partial charge in [0, 0.05) is 13.0 Å². The predicted molar refractivity (Wildman–Crippen MR) is 95.4 cm³/mol. The Hall–Kier alpha value is -2.84. The molecule has 0 aliphatic carbocycles. The van der Waals surface area contributed by atoms with E-state index >= 15 is 0 Å². The number of carboxylic acid groups (broad SMARTS) is 1. The molecule has 0 aliphatic heterocycles. The van der Waals surface area contributed by atoms with Gasteiger partial charge >= 0.3 is 5.97 Å². The lowest BCUT2D eigenvalue weighted by Gasteiger charge is -2.28. The van der Waals surface area contributed by atoms with Crippen molar-refractivity contribution in [2.45, 2.75) is 46.1 Å². The number of benzene rings is 1. The average Bonchev–Trinajstić information content (AvgIpc) is 3.06. The van der Waals surface area contributed by atoms with Gasteiger partial charge in [0.05, 0.1) is 5.41 Å². The maximum absolute atomic E-state index is 13.5. The van der Waals surface area contributed by atoms with E-state index in [4.69, 9.17) is 0 Å². The van der Waals surface area contributed by atoms with E-state index in [0.717, 1.165) is 0 Å². The Morgan fingerprint density at radius 1 is 1.33 bits per heavy atom. The first-order chi connectivity index (χ1) is 12.8. The van der Waals surface area contributed by atoms with Gasteiger partial charge in [-0.15, -0.1) is 5.10 Å². The zero-order valence-electron chi connectivity index (χ0n) is 15.6. The van der Waals surface area contributed by atoms with Crippen LogP contribution in [0.3, 0.4) is 0 Å². The second-order valence-electron chi connectivity index (χ2n) is 6.53. The molecule has 27 heavy (non-hydrogen) atoms. The van der Waals surface area contributed by atoms with Gasteiger partial charge in [0.25, 0.3) is 0 Å². The first kappa shape index (κ1) is 20.5. The van der Waals surface area contributed by atoms with Crippen LogP contribution >= 0.6 is 0 Å². The fourth-order valence-electron chi connectivity index (χ4n) is 2.96. The monoisotopic (exact) mass is 377 g/mol. The van der Waals surface area contributed by atoms with E-state index in [0.29, 0.717) is 24.2 Å². The van der Waals surface area contributed by atoms with Gasteiger partial charge in [-0.05, 0) is 47.9 Å². The quantitative estimate of drug-likeness (QED) is 0.691. The second-order valence-corrected chi connectivity index (χ2v) is 6.53. The molecule has 1 aromatic heterocycles. The van der Waals surface area contributed by atoms with E-state index in [1.807, 2.05) is 0 Å². The van der Waals surface area contributed by atoms with Gasteiger partial charge in [-0.1, -0.05) is 26.0 Å². The molecule has 1 amide bonds. The third-order valence-corrected chi connectivity index (χ3v) is 4.98. The van der Waals surface area contributed by atoms with Crippen LogP contribution in [-0.4, -0.2) is 43.7 Å². The van der Waals surface area contributed by atoms with Crippen LogP contribution in [0.4, 0.5) is 4.39 Å². The molecular formula is C18H24FN5O3. The van der Waals surface area contributed by atoms with Crippen LogP contribution < -0.4 is 5.32 Å². The summed E-state index contributed by atoms with van der Waals surface area (Å²) >= 11 is 0. The lowest BCUT2D eigenvalue weighted by atomic mass is 9.82. The Balaban J connectivity index is 2.24. The highest BCUT2D eigenvalue weighted by molar-refractivity contribution is 5.82. The highest BCUT2D eigenvalue weighted by Gasteiger charge is 2.36. The van der Waals surface area contributed by atoms with Crippen molar-refractivity contribution in [3.05, 3.63) is 41.5 Å². The second kappa shape index (κ2) is 8.70. The fraction of sp³-hybridized carbons (Fsp3) is 0.500. The largest absolute Gasteiger partial charge is 0.481 e. The highest BCUT2D eigenvalue weighted by atomic mass is 19.1. The summed E-state index contributed by atoms with van der Waals surface area (Å²) in [4.78, 5) is 24.5. The van der Waals surface area contributed by atoms with E-state index in [1.54, 1.807) is 32.9 Å². The number of aliphatic carboxylic acids is 1. The third kappa shape index (κ3) is 4.66. The zero-order valence-corrected chi connectivity index (χ0v) is 15.6. The number of tetrazole rings is 1. The standard InChI is InChI=1S/C18H24FN5O3/c1-4-18(5-2,17(26)27)11-20-16(25)15(24-12(3)21-22-23-24)10-13-7-6-8-14(19)9-13/h6-9,15H,4-5,10-11H2,1-3H3,(H,20,25)(H,26,27). The van der Waals surface area contributed by atoms with Crippen molar-refractivity contribution in [3.63, 3.8) is 0 Å². The van der Waals surface area contributed by atoms with Crippen LogP contribution in [0.25, 0.3) is 0 Å². The predicted octanol–water partition coefficient (Wildman–Crippen LogP) is 1.91. The molecule has 146 valence electrons. The maximum Gasteiger partial charge on any atom is 0.311 e. The first-order valence-corrected chi connectivity index (χ1v) is 8.83. The Kier molecular flexibility index (Phi) is 6.59. The first-order valence-electron chi connectivity index (χ1n) is 8.83. The molecule has 0 saturated heterocycles. The molecule has 8 nitrogen and oxygen atoms in total. The van der Waals surface area contributed by atoms with E-state index in [-0.39, 0.29) is 13.0 Å². The van der Waals surface area contributed by atoms with Crippen LogP contribution in [0.15, 0.2) is 24.3 Å². The molecule has 2 N–H and O–H groups in total. The normalized spacial score (nSPS) is 12.6. The fourth-order valence-corrected chi connectivity index (χ4v) is 2.96. The smallest absolute Gasteiger partial charge is 0.311 e. The van der Waals surface area contributed by atoms with Gasteiger partial charge in [0.15, 0.2) is 0 Å². The molecule has 9 heteroatoms. The number of rotatable bonds is 9. The minimum absolute atomic E-state index is 0.00497. The van der Waals surface area contributed by atoms with E-state index in [2.05, 4.69) is 20.8 Å². The molecule has 1 atom stereocenters. The van der Waals surface area contributed by atoms with E-state index in [9.17, 15) is 19.1 Å². The summed E-state index contributed by atoms with van der Waals surface area (Å²) in [6, 6.07) is 5.13. The summed E-state index contributed by atoms with van der Waals surface area (Å²) in [5, 5.41) is 23.5. The minimum atomic E-state index is -1.03.